The number of piperidine rings is 1. The molecule has 0 aromatic heterocycles. The van der Waals surface area contributed by atoms with Gasteiger partial charge in [0, 0.05) is 44.8 Å². The number of carbonyl (C=O) groups excluding carboxylic acids is 1. The highest BCUT2D eigenvalue weighted by atomic mass is 35.5. The average molecular weight is 466 g/mol. The van der Waals surface area contributed by atoms with Gasteiger partial charge >= 0.3 is 0 Å². The maximum absolute atomic E-state index is 14.0. The monoisotopic (exact) mass is 465 g/mol. The number of anilines is 1. The first-order valence-electron chi connectivity index (χ1n) is 10.5. The van der Waals surface area contributed by atoms with Crippen molar-refractivity contribution in [1.82, 2.24) is 9.21 Å². The van der Waals surface area contributed by atoms with Gasteiger partial charge in [0.2, 0.25) is 10.0 Å². The minimum Gasteiger partial charge on any atom is -0.366 e. The van der Waals surface area contributed by atoms with Crippen molar-refractivity contribution >= 4 is 33.2 Å². The molecule has 4 rings (SSSR count). The van der Waals surface area contributed by atoms with Gasteiger partial charge in [-0.15, -0.1) is 0 Å². The summed E-state index contributed by atoms with van der Waals surface area (Å²) in [6.45, 7) is 2.77. The molecule has 0 saturated carbocycles. The Balaban J connectivity index is 1.50. The highest BCUT2D eigenvalue weighted by molar-refractivity contribution is 7.89. The number of halogens is 2. The average Bonchev–Trinajstić information content (AvgIpc) is 2.80. The third-order valence-corrected chi connectivity index (χ3v) is 8.25. The van der Waals surface area contributed by atoms with E-state index >= 15 is 0 Å². The van der Waals surface area contributed by atoms with Crippen molar-refractivity contribution in [3.8, 4) is 0 Å². The zero-order chi connectivity index (χ0) is 22.0. The molecule has 0 unspecified atom stereocenters. The van der Waals surface area contributed by atoms with Crippen molar-refractivity contribution < 1.29 is 17.6 Å². The highest BCUT2D eigenvalue weighted by Gasteiger charge is 2.30. The molecule has 2 aromatic rings. The van der Waals surface area contributed by atoms with Crippen molar-refractivity contribution in [2.75, 3.05) is 44.2 Å². The van der Waals surface area contributed by atoms with Crippen LogP contribution < -0.4 is 4.90 Å². The molecule has 2 aromatic carbocycles. The first kappa shape index (κ1) is 22.0. The Morgan fingerprint density at radius 3 is 2.26 bits per heavy atom. The maximum atomic E-state index is 14.0. The molecular formula is C22H25ClFN3O3S. The summed E-state index contributed by atoms with van der Waals surface area (Å²) < 4.78 is 41.6. The Morgan fingerprint density at radius 2 is 1.58 bits per heavy atom. The molecule has 1 amide bonds. The molecule has 166 valence electrons. The number of piperazine rings is 1. The Bertz CT molecular complexity index is 1070. The number of nitrogens with zero attached hydrogens (tertiary/aromatic N) is 3. The molecule has 0 bridgehead atoms. The zero-order valence-electron chi connectivity index (χ0n) is 17.1. The van der Waals surface area contributed by atoms with E-state index in [1.54, 1.807) is 29.2 Å². The number of amides is 1. The van der Waals surface area contributed by atoms with Gasteiger partial charge in [0.1, 0.15) is 10.7 Å². The quantitative estimate of drug-likeness (QED) is 0.692. The number of sulfonamides is 1. The maximum Gasteiger partial charge on any atom is 0.254 e. The summed E-state index contributed by atoms with van der Waals surface area (Å²) in [5.74, 6) is -0.535. The molecule has 0 aliphatic carbocycles. The predicted molar refractivity (Wildman–Crippen MR) is 119 cm³/mol. The van der Waals surface area contributed by atoms with Gasteiger partial charge in [0.15, 0.2) is 0 Å². The van der Waals surface area contributed by atoms with Crippen molar-refractivity contribution in [3.63, 3.8) is 0 Å². The summed E-state index contributed by atoms with van der Waals surface area (Å²) >= 11 is 6.22. The minimum absolute atomic E-state index is 0.0214. The number of hydrogen-bond acceptors (Lipinski definition) is 4. The summed E-state index contributed by atoms with van der Waals surface area (Å²) in [5.41, 5.74) is 0.815. The van der Waals surface area contributed by atoms with Crippen molar-refractivity contribution in [1.29, 1.82) is 0 Å². The van der Waals surface area contributed by atoms with E-state index in [2.05, 4.69) is 0 Å². The lowest BCUT2D eigenvalue weighted by Gasteiger charge is -2.36. The molecule has 0 spiro atoms. The smallest absolute Gasteiger partial charge is 0.254 e. The second kappa shape index (κ2) is 9.14. The van der Waals surface area contributed by atoms with Gasteiger partial charge < -0.3 is 9.80 Å². The van der Waals surface area contributed by atoms with E-state index in [1.165, 1.54) is 22.5 Å². The lowest BCUT2D eigenvalue weighted by Crippen LogP contribution is -2.49. The van der Waals surface area contributed by atoms with Gasteiger partial charge in [0.25, 0.3) is 5.91 Å². The fourth-order valence-electron chi connectivity index (χ4n) is 4.12. The van der Waals surface area contributed by atoms with E-state index < -0.39 is 10.0 Å². The zero-order valence-corrected chi connectivity index (χ0v) is 18.7. The second-order valence-corrected chi connectivity index (χ2v) is 10.2. The van der Waals surface area contributed by atoms with Crippen LogP contribution in [0.25, 0.3) is 0 Å². The fraction of sp³-hybridized carbons (Fsp3) is 0.409. The van der Waals surface area contributed by atoms with E-state index in [1.807, 2.05) is 4.90 Å². The van der Waals surface area contributed by atoms with Gasteiger partial charge in [-0.3, -0.25) is 4.79 Å². The van der Waals surface area contributed by atoms with Crippen LogP contribution in [-0.4, -0.2) is 62.8 Å². The van der Waals surface area contributed by atoms with E-state index in [0.29, 0.717) is 50.5 Å². The van der Waals surface area contributed by atoms with Gasteiger partial charge in [-0.25, -0.2) is 12.8 Å². The van der Waals surface area contributed by atoms with Crippen LogP contribution in [0.3, 0.4) is 0 Å². The number of rotatable bonds is 4. The normalized spacial score (nSPS) is 18.3. The first-order chi connectivity index (χ1) is 14.9. The topological polar surface area (TPSA) is 60.9 Å². The third-order valence-electron chi connectivity index (χ3n) is 5.87. The highest BCUT2D eigenvalue weighted by Crippen LogP contribution is 2.29. The molecule has 2 aliphatic heterocycles. The van der Waals surface area contributed by atoms with Gasteiger partial charge in [-0.1, -0.05) is 30.2 Å². The predicted octanol–water partition coefficient (Wildman–Crippen LogP) is 3.62. The second-order valence-electron chi connectivity index (χ2n) is 7.84. The summed E-state index contributed by atoms with van der Waals surface area (Å²) in [5, 5.41) is 0.117. The molecular weight excluding hydrogens is 441 g/mol. The lowest BCUT2D eigenvalue weighted by atomic mass is 10.1. The van der Waals surface area contributed by atoms with Crippen LogP contribution in [0.15, 0.2) is 47.4 Å². The summed E-state index contributed by atoms with van der Waals surface area (Å²) in [6, 6.07) is 11.0. The molecule has 6 nitrogen and oxygen atoms in total. The molecule has 0 atom stereocenters. The van der Waals surface area contributed by atoms with Crippen molar-refractivity contribution in [2.45, 2.75) is 24.2 Å². The van der Waals surface area contributed by atoms with E-state index in [0.717, 1.165) is 19.3 Å². The van der Waals surface area contributed by atoms with E-state index in [-0.39, 0.29) is 21.6 Å². The van der Waals surface area contributed by atoms with Gasteiger partial charge in [0.05, 0.1) is 10.7 Å². The first-order valence-corrected chi connectivity index (χ1v) is 12.3. The SMILES string of the molecule is O=C(c1ccc(Cl)c(S(=O)(=O)N2CCCCC2)c1)N1CCN(c2ccccc2F)CC1. The lowest BCUT2D eigenvalue weighted by molar-refractivity contribution is 0.0746. The standard InChI is InChI=1S/C22H25ClFN3O3S/c23-18-9-8-17(16-21(18)31(29,30)27-10-4-1-5-11-27)22(28)26-14-12-25(13-15-26)20-7-3-2-6-19(20)24/h2-3,6-9,16H,1,4-5,10-15H2. The minimum atomic E-state index is -3.75. The largest absolute Gasteiger partial charge is 0.366 e. The van der Waals surface area contributed by atoms with Crippen LogP contribution in [-0.2, 0) is 10.0 Å². The molecule has 2 aliphatic rings. The van der Waals surface area contributed by atoms with Crippen LogP contribution in [0.2, 0.25) is 5.02 Å². The molecule has 2 heterocycles. The Morgan fingerprint density at radius 1 is 0.903 bits per heavy atom. The molecule has 0 N–H and O–H groups in total. The summed E-state index contributed by atoms with van der Waals surface area (Å²) in [7, 11) is -3.75. The summed E-state index contributed by atoms with van der Waals surface area (Å²) in [4.78, 5) is 16.6. The fourth-order valence-corrected chi connectivity index (χ4v) is 6.14. The van der Waals surface area contributed by atoms with Gasteiger partial charge in [-0.05, 0) is 43.2 Å². The van der Waals surface area contributed by atoms with Crippen LogP contribution in [0.4, 0.5) is 10.1 Å². The number of carbonyl (C=O) groups is 1. The molecule has 2 fully saturated rings. The number of para-hydroxylation sites is 1. The summed E-state index contributed by atoms with van der Waals surface area (Å²) in [6.07, 6.45) is 2.65. The van der Waals surface area contributed by atoms with Crippen LogP contribution in [0, 0.1) is 5.82 Å². The van der Waals surface area contributed by atoms with Crippen LogP contribution in [0.5, 0.6) is 0 Å². The molecule has 9 heteroatoms. The van der Waals surface area contributed by atoms with Crippen molar-refractivity contribution in [2.24, 2.45) is 0 Å². The number of benzene rings is 2. The molecule has 0 radical (unpaired) electrons. The Labute approximate surface area is 187 Å². The molecule has 2 saturated heterocycles. The molecule has 31 heavy (non-hydrogen) atoms. The Hall–Kier alpha value is -2.16. The third kappa shape index (κ3) is 4.56. The van der Waals surface area contributed by atoms with Crippen LogP contribution in [0.1, 0.15) is 29.6 Å². The Kier molecular flexibility index (Phi) is 6.50. The number of hydrogen-bond donors (Lipinski definition) is 0. The van der Waals surface area contributed by atoms with E-state index in [4.69, 9.17) is 11.6 Å². The van der Waals surface area contributed by atoms with Crippen LogP contribution >= 0.6 is 11.6 Å². The van der Waals surface area contributed by atoms with Gasteiger partial charge in [-0.2, -0.15) is 4.31 Å². The van der Waals surface area contributed by atoms with E-state index in [9.17, 15) is 17.6 Å². The van der Waals surface area contributed by atoms with Crippen molar-refractivity contribution in [3.05, 3.63) is 58.9 Å².